The molecule has 2 atom stereocenters. The van der Waals surface area contributed by atoms with Crippen molar-refractivity contribution in [3.05, 3.63) is 35.4 Å². The molecule has 0 heterocycles. The van der Waals surface area contributed by atoms with Gasteiger partial charge < -0.3 is 10.4 Å². The highest BCUT2D eigenvalue weighted by Gasteiger charge is 2.39. The van der Waals surface area contributed by atoms with E-state index in [0.29, 0.717) is 5.56 Å². The van der Waals surface area contributed by atoms with Crippen molar-refractivity contribution >= 4 is 5.91 Å². The van der Waals surface area contributed by atoms with Crippen LogP contribution in [0.15, 0.2) is 24.3 Å². The van der Waals surface area contributed by atoms with Crippen LogP contribution in [0.3, 0.4) is 0 Å². The van der Waals surface area contributed by atoms with E-state index < -0.39 is 0 Å². The number of nitrogens with one attached hydrogen (secondary N) is 1. The maximum absolute atomic E-state index is 12.2. The van der Waals surface area contributed by atoms with Crippen LogP contribution in [-0.4, -0.2) is 23.7 Å². The van der Waals surface area contributed by atoms with Crippen LogP contribution in [0.5, 0.6) is 0 Å². The molecule has 1 aromatic rings. The molecule has 1 amide bonds. The zero-order valence-corrected chi connectivity index (χ0v) is 11.8. The molecule has 2 N–H and O–H groups in total. The molecule has 104 valence electrons. The number of aryl methyl sites for hydroxylation is 1. The molecule has 2 rings (SSSR count). The van der Waals surface area contributed by atoms with Gasteiger partial charge in [0.15, 0.2) is 0 Å². The molecule has 3 heteroatoms. The van der Waals surface area contributed by atoms with Crippen LogP contribution in [0, 0.1) is 5.41 Å². The van der Waals surface area contributed by atoms with Crippen LogP contribution < -0.4 is 5.32 Å². The number of hydrogen-bond acceptors (Lipinski definition) is 2. The predicted molar refractivity (Wildman–Crippen MR) is 76.1 cm³/mol. The van der Waals surface area contributed by atoms with E-state index in [4.69, 9.17) is 0 Å². The first-order chi connectivity index (χ1) is 9.09. The number of rotatable bonds is 4. The highest BCUT2D eigenvalue weighted by Crippen LogP contribution is 2.37. The fourth-order valence-corrected chi connectivity index (χ4v) is 2.80. The standard InChI is InChI=1S/C16H23NO2/c1-3-12-6-8-13(9-7-12)15(19)17-14-5-4-10-16(14,2)11-18/h6-9,14,18H,3-5,10-11H2,1-2H3,(H,17,19). The molecule has 1 aliphatic carbocycles. The molecule has 1 aromatic carbocycles. The highest BCUT2D eigenvalue weighted by atomic mass is 16.3. The van der Waals surface area contributed by atoms with Gasteiger partial charge in [0, 0.05) is 17.0 Å². The normalized spacial score (nSPS) is 26.4. The van der Waals surface area contributed by atoms with Gasteiger partial charge in [-0.2, -0.15) is 0 Å². The Labute approximate surface area is 115 Å². The number of aliphatic hydroxyl groups is 1. The summed E-state index contributed by atoms with van der Waals surface area (Å²) in [4.78, 5) is 12.2. The molecule has 1 aliphatic rings. The number of benzene rings is 1. The second kappa shape index (κ2) is 5.74. The van der Waals surface area contributed by atoms with E-state index in [-0.39, 0.29) is 24.0 Å². The zero-order chi connectivity index (χ0) is 13.9. The first-order valence-corrected chi connectivity index (χ1v) is 7.10. The molecule has 0 aromatic heterocycles. The predicted octanol–water partition coefficient (Wildman–Crippen LogP) is 2.53. The molecule has 1 fully saturated rings. The molecule has 1 saturated carbocycles. The van der Waals surface area contributed by atoms with Gasteiger partial charge in [0.1, 0.15) is 0 Å². The van der Waals surface area contributed by atoms with Gasteiger partial charge in [0.25, 0.3) is 5.91 Å². The highest BCUT2D eigenvalue weighted by molar-refractivity contribution is 5.94. The van der Waals surface area contributed by atoms with Crippen LogP contribution >= 0.6 is 0 Å². The molecular weight excluding hydrogens is 238 g/mol. The summed E-state index contributed by atoms with van der Waals surface area (Å²) in [5.41, 5.74) is 1.76. The third-order valence-electron chi connectivity index (χ3n) is 4.37. The summed E-state index contributed by atoms with van der Waals surface area (Å²) in [6.07, 6.45) is 3.98. The van der Waals surface area contributed by atoms with Crippen molar-refractivity contribution in [2.24, 2.45) is 5.41 Å². The van der Waals surface area contributed by atoms with Crippen LogP contribution in [0.4, 0.5) is 0 Å². The van der Waals surface area contributed by atoms with Crippen molar-refractivity contribution in [2.45, 2.75) is 45.6 Å². The van der Waals surface area contributed by atoms with Gasteiger partial charge in [-0.25, -0.2) is 0 Å². The topological polar surface area (TPSA) is 49.3 Å². The van der Waals surface area contributed by atoms with E-state index >= 15 is 0 Å². The van der Waals surface area contributed by atoms with Gasteiger partial charge in [-0.15, -0.1) is 0 Å². The van der Waals surface area contributed by atoms with Crippen molar-refractivity contribution < 1.29 is 9.90 Å². The molecular formula is C16H23NO2. The molecule has 0 bridgehead atoms. The first-order valence-electron chi connectivity index (χ1n) is 7.10. The lowest BCUT2D eigenvalue weighted by atomic mass is 9.85. The summed E-state index contributed by atoms with van der Waals surface area (Å²) in [5, 5.41) is 12.6. The van der Waals surface area contributed by atoms with Crippen LogP contribution in [0.25, 0.3) is 0 Å². The minimum atomic E-state index is -0.168. The number of aliphatic hydroxyl groups excluding tert-OH is 1. The summed E-state index contributed by atoms with van der Waals surface area (Å²) in [6.45, 7) is 4.28. The lowest BCUT2D eigenvalue weighted by Crippen LogP contribution is -2.44. The Balaban J connectivity index is 2.04. The third-order valence-corrected chi connectivity index (χ3v) is 4.37. The van der Waals surface area contributed by atoms with Gasteiger partial charge in [-0.05, 0) is 37.0 Å². The Hall–Kier alpha value is -1.35. The van der Waals surface area contributed by atoms with Crippen molar-refractivity contribution in [3.63, 3.8) is 0 Å². The van der Waals surface area contributed by atoms with E-state index in [1.165, 1.54) is 5.56 Å². The number of hydrogen-bond donors (Lipinski definition) is 2. The van der Waals surface area contributed by atoms with Gasteiger partial charge in [0.05, 0.1) is 6.61 Å². The van der Waals surface area contributed by atoms with Gasteiger partial charge >= 0.3 is 0 Å². The maximum atomic E-state index is 12.2. The summed E-state index contributed by atoms with van der Waals surface area (Å²) < 4.78 is 0. The minimum Gasteiger partial charge on any atom is -0.396 e. The van der Waals surface area contributed by atoms with E-state index in [2.05, 4.69) is 12.2 Å². The number of carbonyl (C=O) groups is 1. The van der Waals surface area contributed by atoms with E-state index in [1.807, 2.05) is 31.2 Å². The fourth-order valence-electron chi connectivity index (χ4n) is 2.80. The van der Waals surface area contributed by atoms with Crippen LogP contribution in [0.1, 0.15) is 49.0 Å². The SMILES string of the molecule is CCc1ccc(C(=O)NC2CCCC2(C)CO)cc1. The molecule has 0 spiro atoms. The number of amides is 1. The molecule has 0 saturated heterocycles. The molecule has 0 aliphatic heterocycles. The number of carbonyl (C=O) groups excluding carboxylic acids is 1. The molecule has 0 radical (unpaired) electrons. The third kappa shape index (κ3) is 2.98. The minimum absolute atomic E-state index is 0.0331. The Bertz CT molecular complexity index is 441. The zero-order valence-electron chi connectivity index (χ0n) is 11.8. The van der Waals surface area contributed by atoms with Crippen LogP contribution in [0.2, 0.25) is 0 Å². The second-order valence-electron chi connectivity index (χ2n) is 5.78. The van der Waals surface area contributed by atoms with Crippen molar-refractivity contribution in [2.75, 3.05) is 6.61 Å². The molecule has 2 unspecified atom stereocenters. The summed E-state index contributed by atoms with van der Waals surface area (Å²) in [7, 11) is 0. The van der Waals surface area contributed by atoms with E-state index in [0.717, 1.165) is 25.7 Å². The van der Waals surface area contributed by atoms with Gasteiger partial charge in [0.2, 0.25) is 0 Å². The Morgan fingerprint density at radius 3 is 2.68 bits per heavy atom. The van der Waals surface area contributed by atoms with Gasteiger partial charge in [-0.3, -0.25) is 4.79 Å². The average molecular weight is 261 g/mol. The summed E-state index contributed by atoms with van der Waals surface area (Å²) >= 11 is 0. The largest absolute Gasteiger partial charge is 0.396 e. The van der Waals surface area contributed by atoms with Gasteiger partial charge in [-0.1, -0.05) is 32.4 Å². The lowest BCUT2D eigenvalue weighted by molar-refractivity contribution is 0.0830. The van der Waals surface area contributed by atoms with Crippen molar-refractivity contribution in [1.29, 1.82) is 0 Å². The monoisotopic (exact) mass is 261 g/mol. The summed E-state index contributed by atoms with van der Waals surface area (Å²) in [5.74, 6) is -0.0331. The van der Waals surface area contributed by atoms with Crippen molar-refractivity contribution in [3.8, 4) is 0 Å². The fraction of sp³-hybridized carbons (Fsp3) is 0.562. The van der Waals surface area contributed by atoms with Crippen molar-refractivity contribution in [1.82, 2.24) is 5.32 Å². The van der Waals surface area contributed by atoms with E-state index in [1.54, 1.807) is 0 Å². The smallest absolute Gasteiger partial charge is 0.251 e. The van der Waals surface area contributed by atoms with E-state index in [9.17, 15) is 9.90 Å². The van der Waals surface area contributed by atoms with Crippen LogP contribution in [-0.2, 0) is 6.42 Å². The Morgan fingerprint density at radius 2 is 2.11 bits per heavy atom. The average Bonchev–Trinajstić information content (AvgIpc) is 2.81. The Kier molecular flexibility index (Phi) is 4.25. The lowest BCUT2D eigenvalue weighted by Gasteiger charge is -2.30. The summed E-state index contributed by atoms with van der Waals surface area (Å²) in [6, 6.07) is 7.82. The first kappa shape index (κ1) is 14.1. The quantitative estimate of drug-likeness (QED) is 0.875. The second-order valence-corrected chi connectivity index (χ2v) is 5.78. The maximum Gasteiger partial charge on any atom is 0.251 e. The Morgan fingerprint density at radius 1 is 1.42 bits per heavy atom. The molecule has 19 heavy (non-hydrogen) atoms. The molecule has 3 nitrogen and oxygen atoms in total.